The molecule has 0 spiro atoms. The van der Waals surface area contributed by atoms with E-state index in [-0.39, 0.29) is 0 Å². The summed E-state index contributed by atoms with van der Waals surface area (Å²) < 4.78 is 5.13. The molecule has 18 heavy (non-hydrogen) atoms. The Labute approximate surface area is 106 Å². The van der Waals surface area contributed by atoms with Gasteiger partial charge in [-0.2, -0.15) is 0 Å². The molecule has 2 aromatic rings. The topological polar surface area (TPSA) is 55.2 Å². The minimum atomic E-state index is -0.815. The molecule has 0 aliphatic rings. The minimum Gasteiger partial charge on any atom is -0.480 e. The van der Waals surface area contributed by atoms with Crippen molar-refractivity contribution in [3.63, 3.8) is 0 Å². The van der Waals surface area contributed by atoms with E-state index in [1.54, 1.807) is 12.4 Å². The second-order valence-electron chi connectivity index (χ2n) is 3.91. The lowest BCUT2D eigenvalue weighted by atomic mass is 9.98. The predicted molar refractivity (Wildman–Crippen MR) is 68.5 cm³/mol. The molecule has 1 unspecified atom stereocenters. The van der Waals surface area contributed by atoms with Crippen LogP contribution >= 0.6 is 0 Å². The molecular weight excluding hydrogens is 228 g/mol. The Morgan fingerprint density at radius 1 is 1.22 bits per heavy atom. The van der Waals surface area contributed by atoms with Crippen LogP contribution in [0, 0.1) is 0 Å². The highest BCUT2D eigenvalue weighted by molar-refractivity contribution is 5.36. The van der Waals surface area contributed by atoms with Crippen molar-refractivity contribution in [2.24, 2.45) is 0 Å². The van der Waals surface area contributed by atoms with Crippen molar-refractivity contribution in [2.45, 2.75) is 19.4 Å². The fourth-order valence-corrected chi connectivity index (χ4v) is 1.95. The summed E-state index contributed by atoms with van der Waals surface area (Å²) >= 11 is 0. The maximum Gasteiger partial charge on any atom is 0.238 e. The van der Waals surface area contributed by atoms with Gasteiger partial charge in [-0.15, -0.1) is 0 Å². The van der Waals surface area contributed by atoms with Crippen LogP contribution in [-0.2, 0) is 6.42 Å². The van der Waals surface area contributed by atoms with E-state index in [1.165, 1.54) is 7.11 Å². The molecule has 0 aliphatic heterocycles. The van der Waals surface area contributed by atoms with Crippen LogP contribution in [-0.4, -0.2) is 22.2 Å². The molecule has 1 aromatic heterocycles. The van der Waals surface area contributed by atoms with E-state index in [9.17, 15) is 5.11 Å². The van der Waals surface area contributed by atoms with E-state index < -0.39 is 6.10 Å². The lowest BCUT2D eigenvalue weighted by molar-refractivity contribution is 0.206. The SMILES string of the molecule is CCc1ccccc1C(O)c1nccnc1OC. The molecule has 0 amide bonds. The second kappa shape index (κ2) is 5.60. The van der Waals surface area contributed by atoms with E-state index in [0.717, 1.165) is 17.5 Å². The summed E-state index contributed by atoms with van der Waals surface area (Å²) in [6.45, 7) is 2.06. The molecule has 94 valence electrons. The molecule has 0 radical (unpaired) electrons. The fraction of sp³-hybridized carbons (Fsp3) is 0.286. The Balaban J connectivity index is 2.44. The zero-order valence-electron chi connectivity index (χ0n) is 10.5. The van der Waals surface area contributed by atoms with Crippen LogP contribution in [0.5, 0.6) is 5.88 Å². The third-order valence-corrected chi connectivity index (χ3v) is 2.87. The molecule has 1 atom stereocenters. The fourth-order valence-electron chi connectivity index (χ4n) is 1.95. The number of ether oxygens (including phenoxy) is 1. The highest BCUT2D eigenvalue weighted by Gasteiger charge is 2.19. The summed E-state index contributed by atoms with van der Waals surface area (Å²) in [6, 6.07) is 7.77. The van der Waals surface area contributed by atoms with Gasteiger partial charge in [-0.25, -0.2) is 4.98 Å². The highest BCUT2D eigenvalue weighted by Crippen LogP contribution is 2.28. The van der Waals surface area contributed by atoms with Crippen LogP contribution in [0.25, 0.3) is 0 Å². The third kappa shape index (κ3) is 2.33. The quantitative estimate of drug-likeness (QED) is 0.895. The van der Waals surface area contributed by atoms with Gasteiger partial charge in [-0.05, 0) is 17.5 Å². The molecule has 0 saturated carbocycles. The molecule has 1 N–H and O–H groups in total. The van der Waals surface area contributed by atoms with Gasteiger partial charge in [-0.3, -0.25) is 4.98 Å². The number of benzene rings is 1. The standard InChI is InChI=1S/C14H16N2O2/c1-3-10-6-4-5-7-11(10)13(17)12-14(18-2)16-9-8-15-12/h4-9,13,17H,3H2,1-2H3. The lowest BCUT2D eigenvalue weighted by Crippen LogP contribution is -2.08. The maximum atomic E-state index is 10.4. The van der Waals surface area contributed by atoms with Crippen LogP contribution in [0.1, 0.15) is 29.8 Å². The summed E-state index contributed by atoms with van der Waals surface area (Å²) in [7, 11) is 1.52. The van der Waals surface area contributed by atoms with Gasteiger partial charge in [0.25, 0.3) is 0 Å². The molecule has 4 nitrogen and oxygen atoms in total. The third-order valence-electron chi connectivity index (χ3n) is 2.87. The Hall–Kier alpha value is -1.94. The van der Waals surface area contributed by atoms with Crippen LogP contribution in [0.2, 0.25) is 0 Å². The number of hydrogen-bond acceptors (Lipinski definition) is 4. The van der Waals surface area contributed by atoms with Crippen molar-refractivity contribution in [1.29, 1.82) is 0 Å². The number of rotatable bonds is 4. The van der Waals surface area contributed by atoms with Crippen LogP contribution < -0.4 is 4.74 Å². The first kappa shape index (κ1) is 12.5. The number of methoxy groups -OCH3 is 1. The summed E-state index contributed by atoms with van der Waals surface area (Å²) in [6.07, 6.45) is 3.14. The molecule has 4 heteroatoms. The lowest BCUT2D eigenvalue weighted by Gasteiger charge is -2.15. The van der Waals surface area contributed by atoms with E-state index in [4.69, 9.17) is 4.74 Å². The average Bonchev–Trinajstić information content (AvgIpc) is 2.46. The zero-order valence-corrected chi connectivity index (χ0v) is 10.5. The monoisotopic (exact) mass is 244 g/mol. The molecule has 0 aliphatic carbocycles. The zero-order chi connectivity index (χ0) is 13.0. The number of aromatic nitrogens is 2. The van der Waals surface area contributed by atoms with Crippen molar-refractivity contribution in [1.82, 2.24) is 9.97 Å². The largest absolute Gasteiger partial charge is 0.480 e. The minimum absolute atomic E-state index is 0.357. The molecule has 0 fully saturated rings. The summed E-state index contributed by atoms with van der Waals surface area (Å²) in [5.74, 6) is 0.357. The Morgan fingerprint density at radius 3 is 2.67 bits per heavy atom. The van der Waals surface area contributed by atoms with Gasteiger partial charge in [0.1, 0.15) is 11.8 Å². The van der Waals surface area contributed by atoms with Gasteiger partial charge >= 0.3 is 0 Å². The summed E-state index contributed by atoms with van der Waals surface area (Å²) in [5, 5.41) is 10.4. The molecular formula is C14H16N2O2. The van der Waals surface area contributed by atoms with Gasteiger partial charge in [-0.1, -0.05) is 31.2 Å². The molecule has 1 heterocycles. The van der Waals surface area contributed by atoms with Crippen molar-refractivity contribution in [2.75, 3.05) is 7.11 Å². The van der Waals surface area contributed by atoms with E-state index in [0.29, 0.717) is 11.6 Å². The Morgan fingerprint density at radius 2 is 1.94 bits per heavy atom. The molecule has 0 saturated heterocycles. The number of aliphatic hydroxyl groups excluding tert-OH is 1. The van der Waals surface area contributed by atoms with Crippen molar-refractivity contribution >= 4 is 0 Å². The van der Waals surface area contributed by atoms with Crippen molar-refractivity contribution in [3.8, 4) is 5.88 Å². The highest BCUT2D eigenvalue weighted by atomic mass is 16.5. The van der Waals surface area contributed by atoms with E-state index >= 15 is 0 Å². The van der Waals surface area contributed by atoms with Crippen LogP contribution in [0.3, 0.4) is 0 Å². The first-order valence-corrected chi connectivity index (χ1v) is 5.88. The molecule has 2 rings (SSSR count). The predicted octanol–water partition coefficient (Wildman–Crippen LogP) is 2.13. The van der Waals surface area contributed by atoms with Gasteiger partial charge in [0.05, 0.1) is 7.11 Å². The average molecular weight is 244 g/mol. The van der Waals surface area contributed by atoms with Gasteiger partial charge in [0, 0.05) is 12.4 Å². The van der Waals surface area contributed by atoms with Crippen molar-refractivity contribution < 1.29 is 9.84 Å². The summed E-state index contributed by atoms with van der Waals surface area (Å²) in [4.78, 5) is 8.22. The van der Waals surface area contributed by atoms with Crippen LogP contribution in [0.15, 0.2) is 36.7 Å². The van der Waals surface area contributed by atoms with Gasteiger partial charge < -0.3 is 9.84 Å². The second-order valence-corrected chi connectivity index (χ2v) is 3.91. The number of aryl methyl sites for hydroxylation is 1. The number of aliphatic hydroxyl groups is 1. The Bertz CT molecular complexity index is 481. The van der Waals surface area contributed by atoms with Gasteiger partial charge in [0.2, 0.25) is 5.88 Å². The smallest absolute Gasteiger partial charge is 0.238 e. The van der Waals surface area contributed by atoms with E-state index in [1.807, 2.05) is 24.3 Å². The Kier molecular flexibility index (Phi) is 3.89. The summed E-state index contributed by atoms with van der Waals surface area (Å²) in [5.41, 5.74) is 2.39. The first-order chi connectivity index (χ1) is 8.77. The number of nitrogens with zero attached hydrogens (tertiary/aromatic N) is 2. The van der Waals surface area contributed by atoms with Crippen molar-refractivity contribution in [3.05, 3.63) is 53.5 Å². The maximum absolute atomic E-state index is 10.4. The molecule has 0 bridgehead atoms. The first-order valence-electron chi connectivity index (χ1n) is 5.88. The molecule has 1 aromatic carbocycles. The van der Waals surface area contributed by atoms with Crippen LogP contribution in [0.4, 0.5) is 0 Å². The normalized spacial score (nSPS) is 12.2. The number of hydrogen-bond donors (Lipinski definition) is 1. The van der Waals surface area contributed by atoms with Gasteiger partial charge in [0.15, 0.2) is 0 Å². The van der Waals surface area contributed by atoms with E-state index in [2.05, 4.69) is 16.9 Å².